The van der Waals surface area contributed by atoms with E-state index >= 15 is 0 Å². The quantitative estimate of drug-likeness (QED) is 0.615. The molecule has 0 spiro atoms. The van der Waals surface area contributed by atoms with Crippen LogP contribution < -0.4 is 0 Å². The highest BCUT2D eigenvalue weighted by Crippen LogP contribution is 2.21. The van der Waals surface area contributed by atoms with E-state index < -0.39 is 17.5 Å². The highest BCUT2D eigenvalue weighted by molar-refractivity contribution is 9.10. The maximum Gasteiger partial charge on any atom is 0.278 e. The minimum Gasteiger partial charge on any atom is -0.274 e. The van der Waals surface area contributed by atoms with Crippen LogP contribution in [0.15, 0.2) is 16.6 Å². The minimum atomic E-state index is -1.08. The van der Waals surface area contributed by atoms with Crippen LogP contribution in [0.2, 0.25) is 0 Å². The van der Waals surface area contributed by atoms with Gasteiger partial charge in [-0.05, 0) is 28.1 Å². The van der Waals surface area contributed by atoms with Gasteiger partial charge in [0.15, 0.2) is 11.6 Å². The Kier molecular flexibility index (Phi) is 3.76. The molecule has 0 aliphatic heterocycles. The topological polar surface area (TPSA) is 29.5 Å². The van der Waals surface area contributed by atoms with Gasteiger partial charge < -0.3 is 0 Å². The molecule has 15 heavy (non-hydrogen) atoms. The maximum absolute atomic E-state index is 12.9. The van der Waals surface area contributed by atoms with Gasteiger partial charge in [0.05, 0.1) is 12.7 Å². The van der Waals surface area contributed by atoms with Crippen LogP contribution in [0.3, 0.4) is 0 Å². The van der Waals surface area contributed by atoms with E-state index in [1.165, 1.54) is 14.2 Å². The summed E-state index contributed by atoms with van der Waals surface area (Å²) in [6, 6.07) is 1.71. The van der Waals surface area contributed by atoms with Gasteiger partial charge in [-0.2, -0.15) is 0 Å². The lowest BCUT2D eigenvalue weighted by Crippen LogP contribution is -2.25. The molecular weight excluding hydrogens is 272 g/mol. The SMILES string of the molecule is CON(C)C(=O)c1cc(F)c(F)cc1Br. The van der Waals surface area contributed by atoms with E-state index in [9.17, 15) is 13.6 Å². The third kappa shape index (κ3) is 2.51. The van der Waals surface area contributed by atoms with Crippen molar-refractivity contribution in [1.29, 1.82) is 0 Å². The number of hydrogen-bond donors (Lipinski definition) is 0. The highest BCUT2D eigenvalue weighted by atomic mass is 79.9. The standard InChI is InChI=1S/C9H8BrF2NO2/c1-13(15-2)9(14)5-3-7(11)8(12)4-6(5)10/h3-4H,1-2H3. The number of nitrogens with zero attached hydrogens (tertiary/aromatic N) is 1. The van der Waals surface area contributed by atoms with Gasteiger partial charge in [0.2, 0.25) is 0 Å². The van der Waals surface area contributed by atoms with E-state index in [2.05, 4.69) is 20.8 Å². The number of halogens is 3. The summed E-state index contributed by atoms with van der Waals surface area (Å²) in [7, 11) is 2.67. The maximum atomic E-state index is 12.9. The Morgan fingerprint density at radius 1 is 1.40 bits per heavy atom. The molecule has 6 heteroatoms. The van der Waals surface area contributed by atoms with Crippen LogP contribution in [0.25, 0.3) is 0 Å². The van der Waals surface area contributed by atoms with Crippen LogP contribution in [-0.4, -0.2) is 25.1 Å². The Bertz CT molecular complexity index is 398. The van der Waals surface area contributed by atoms with Crippen molar-refractivity contribution in [2.24, 2.45) is 0 Å². The second-order valence-electron chi connectivity index (χ2n) is 2.73. The zero-order valence-electron chi connectivity index (χ0n) is 8.05. The molecule has 1 rings (SSSR count). The van der Waals surface area contributed by atoms with Crippen molar-refractivity contribution in [3.63, 3.8) is 0 Å². The fraction of sp³-hybridized carbons (Fsp3) is 0.222. The molecule has 0 saturated heterocycles. The second kappa shape index (κ2) is 4.67. The average molecular weight is 280 g/mol. The largest absolute Gasteiger partial charge is 0.278 e. The average Bonchev–Trinajstić information content (AvgIpc) is 2.21. The summed E-state index contributed by atoms with van der Waals surface area (Å²) < 4.78 is 25.8. The lowest BCUT2D eigenvalue weighted by Gasteiger charge is -2.14. The van der Waals surface area contributed by atoms with Crippen molar-refractivity contribution >= 4 is 21.8 Å². The molecule has 1 aromatic rings. The van der Waals surface area contributed by atoms with Crippen LogP contribution in [0.1, 0.15) is 10.4 Å². The Balaban J connectivity index is 3.15. The van der Waals surface area contributed by atoms with Gasteiger partial charge in [-0.1, -0.05) is 0 Å². The normalized spacial score (nSPS) is 10.2. The molecule has 0 unspecified atom stereocenters. The van der Waals surface area contributed by atoms with E-state index in [0.29, 0.717) is 0 Å². The molecule has 0 bridgehead atoms. The number of hydrogen-bond acceptors (Lipinski definition) is 2. The number of amides is 1. The predicted octanol–water partition coefficient (Wildman–Crippen LogP) is 2.36. The molecule has 0 atom stereocenters. The fourth-order valence-corrected chi connectivity index (χ4v) is 1.42. The van der Waals surface area contributed by atoms with Crippen LogP contribution in [-0.2, 0) is 4.84 Å². The fourth-order valence-electron chi connectivity index (χ4n) is 0.939. The third-order valence-corrected chi connectivity index (χ3v) is 2.46. The van der Waals surface area contributed by atoms with Crippen LogP contribution in [0, 0.1) is 11.6 Å². The van der Waals surface area contributed by atoms with Gasteiger partial charge >= 0.3 is 0 Å². The summed E-state index contributed by atoms with van der Waals surface area (Å²) in [5.74, 6) is -2.66. The number of rotatable bonds is 2. The molecule has 0 N–H and O–H groups in total. The Labute approximate surface area is 93.7 Å². The molecular formula is C9H8BrF2NO2. The number of benzene rings is 1. The molecule has 3 nitrogen and oxygen atoms in total. The first kappa shape index (κ1) is 12.1. The first-order valence-corrected chi connectivity index (χ1v) is 4.73. The molecule has 0 saturated carbocycles. The molecule has 0 heterocycles. The first-order valence-electron chi connectivity index (χ1n) is 3.94. The molecule has 1 amide bonds. The molecule has 0 radical (unpaired) electrons. The Morgan fingerprint density at radius 3 is 2.47 bits per heavy atom. The summed E-state index contributed by atoms with van der Waals surface area (Å²) in [5, 5.41) is 0.914. The molecule has 1 aromatic carbocycles. The number of carbonyl (C=O) groups is 1. The molecule has 0 aliphatic carbocycles. The summed E-state index contributed by atoms with van der Waals surface area (Å²) in [6.45, 7) is 0. The van der Waals surface area contributed by atoms with Gasteiger partial charge in [-0.15, -0.1) is 0 Å². The molecule has 0 aromatic heterocycles. The monoisotopic (exact) mass is 279 g/mol. The van der Waals surface area contributed by atoms with Gasteiger partial charge in [-0.25, -0.2) is 13.8 Å². The van der Waals surface area contributed by atoms with Crippen LogP contribution >= 0.6 is 15.9 Å². The van der Waals surface area contributed by atoms with Gasteiger partial charge in [0, 0.05) is 11.5 Å². The van der Waals surface area contributed by atoms with E-state index in [1.807, 2.05) is 0 Å². The third-order valence-electron chi connectivity index (χ3n) is 1.80. The van der Waals surface area contributed by atoms with E-state index in [4.69, 9.17) is 0 Å². The molecule has 0 aliphatic rings. The first-order chi connectivity index (χ1) is 6.97. The van der Waals surface area contributed by atoms with Crippen molar-refractivity contribution in [1.82, 2.24) is 5.06 Å². The van der Waals surface area contributed by atoms with Crippen LogP contribution in [0.5, 0.6) is 0 Å². The zero-order chi connectivity index (χ0) is 11.6. The van der Waals surface area contributed by atoms with Crippen molar-refractivity contribution in [3.05, 3.63) is 33.8 Å². The number of carbonyl (C=O) groups excluding carboxylic acids is 1. The molecule has 82 valence electrons. The van der Waals surface area contributed by atoms with E-state index in [0.717, 1.165) is 17.2 Å². The Hall–Kier alpha value is -1.01. The van der Waals surface area contributed by atoms with Crippen molar-refractivity contribution in [3.8, 4) is 0 Å². The zero-order valence-corrected chi connectivity index (χ0v) is 9.64. The van der Waals surface area contributed by atoms with Gasteiger partial charge in [0.1, 0.15) is 0 Å². The second-order valence-corrected chi connectivity index (χ2v) is 3.59. The van der Waals surface area contributed by atoms with Crippen molar-refractivity contribution in [2.45, 2.75) is 0 Å². The van der Waals surface area contributed by atoms with E-state index in [1.54, 1.807) is 0 Å². The summed E-state index contributed by atoms with van der Waals surface area (Å²) in [4.78, 5) is 16.2. The summed E-state index contributed by atoms with van der Waals surface area (Å²) in [6.07, 6.45) is 0. The van der Waals surface area contributed by atoms with Crippen LogP contribution in [0.4, 0.5) is 8.78 Å². The summed E-state index contributed by atoms with van der Waals surface area (Å²) >= 11 is 2.97. The number of hydroxylamine groups is 2. The predicted molar refractivity (Wildman–Crippen MR) is 53.2 cm³/mol. The lowest BCUT2D eigenvalue weighted by atomic mass is 10.2. The van der Waals surface area contributed by atoms with Gasteiger partial charge in [0.25, 0.3) is 5.91 Å². The van der Waals surface area contributed by atoms with E-state index in [-0.39, 0.29) is 10.0 Å². The summed E-state index contributed by atoms with van der Waals surface area (Å²) in [5.41, 5.74) is -0.00162. The highest BCUT2D eigenvalue weighted by Gasteiger charge is 2.17. The van der Waals surface area contributed by atoms with Gasteiger partial charge in [-0.3, -0.25) is 9.63 Å². The molecule has 0 fully saturated rings. The van der Waals surface area contributed by atoms with Crippen molar-refractivity contribution < 1.29 is 18.4 Å². The van der Waals surface area contributed by atoms with Crippen molar-refractivity contribution in [2.75, 3.05) is 14.2 Å². The Morgan fingerprint density at radius 2 is 1.93 bits per heavy atom. The minimum absolute atomic E-state index is 0.00162. The smallest absolute Gasteiger partial charge is 0.274 e. The lowest BCUT2D eigenvalue weighted by molar-refractivity contribution is -0.0757.